The Morgan fingerprint density at radius 3 is 2.72 bits per heavy atom. The summed E-state index contributed by atoms with van der Waals surface area (Å²) in [5, 5.41) is 3.31. The van der Waals surface area contributed by atoms with Gasteiger partial charge in [-0.25, -0.2) is 9.37 Å². The molecule has 0 aliphatic rings. The van der Waals surface area contributed by atoms with Crippen LogP contribution in [0, 0.1) is 5.82 Å². The number of anilines is 2. The zero-order valence-corrected chi connectivity index (χ0v) is 13.5. The zero-order valence-electron chi connectivity index (χ0n) is 13.5. The van der Waals surface area contributed by atoms with E-state index in [4.69, 9.17) is 4.74 Å². The number of hydrogen-bond donors (Lipinski definition) is 1. The van der Waals surface area contributed by atoms with Crippen LogP contribution in [-0.4, -0.2) is 21.5 Å². The summed E-state index contributed by atoms with van der Waals surface area (Å²) in [6.07, 6.45) is 3.59. The molecule has 1 aromatic carbocycles. The Kier molecular flexibility index (Phi) is 3.78. The van der Waals surface area contributed by atoms with Crippen molar-refractivity contribution in [3.63, 3.8) is 0 Å². The largest absolute Gasteiger partial charge is 0.497 e. The Morgan fingerprint density at radius 1 is 1.08 bits per heavy atom. The minimum atomic E-state index is -0.279. The third-order valence-corrected chi connectivity index (χ3v) is 3.85. The molecule has 0 aliphatic carbocycles. The van der Waals surface area contributed by atoms with Crippen LogP contribution in [0.4, 0.5) is 15.9 Å². The molecule has 0 radical (unpaired) electrons. The van der Waals surface area contributed by atoms with E-state index in [9.17, 15) is 4.39 Å². The van der Waals surface area contributed by atoms with Crippen molar-refractivity contribution in [3.05, 3.63) is 72.8 Å². The van der Waals surface area contributed by atoms with Crippen LogP contribution in [0.15, 0.2) is 67.0 Å². The molecule has 5 nitrogen and oxygen atoms in total. The lowest BCUT2D eigenvalue weighted by molar-refractivity contribution is 0.414. The van der Waals surface area contributed by atoms with Gasteiger partial charge in [-0.05, 0) is 42.5 Å². The SMILES string of the molecule is COc1ccnc(-c2nc3ccccn3c2Nc2ccc(F)cc2)c1. The lowest BCUT2D eigenvalue weighted by Crippen LogP contribution is -1.97. The van der Waals surface area contributed by atoms with Gasteiger partial charge >= 0.3 is 0 Å². The van der Waals surface area contributed by atoms with E-state index in [1.54, 1.807) is 31.5 Å². The second-order valence-electron chi connectivity index (χ2n) is 5.45. The number of fused-ring (bicyclic) bond motifs is 1. The normalized spacial score (nSPS) is 10.8. The molecule has 0 spiro atoms. The highest BCUT2D eigenvalue weighted by Gasteiger charge is 2.16. The Hall–Kier alpha value is -3.41. The number of nitrogens with zero attached hydrogens (tertiary/aromatic N) is 3. The minimum Gasteiger partial charge on any atom is -0.497 e. The molecule has 3 heterocycles. The monoisotopic (exact) mass is 334 g/mol. The molecule has 124 valence electrons. The van der Waals surface area contributed by atoms with Crippen molar-refractivity contribution in [3.8, 4) is 17.1 Å². The van der Waals surface area contributed by atoms with Crippen LogP contribution in [0.2, 0.25) is 0 Å². The Morgan fingerprint density at radius 2 is 1.92 bits per heavy atom. The number of hydrogen-bond acceptors (Lipinski definition) is 4. The van der Waals surface area contributed by atoms with E-state index in [2.05, 4.69) is 15.3 Å². The fourth-order valence-electron chi connectivity index (χ4n) is 2.63. The molecule has 0 atom stereocenters. The molecule has 0 unspecified atom stereocenters. The van der Waals surface area contributed by atoms with Gasteiger partial charge in [0.05, 0.1) is 12.8 Å². The maximum atomic E-state index is 13.2. The first-order chi connectivity index (χ1) is 12.2. The van der Waals surface area contributed by atoms with E-state index in [0.29, 0.717) is 17.1 Å². The van der Waals surface area contributed by atoms with Gasteiger partial charge in [-0.1, -0.05) is 6.07 Å². The summed E-state index contributed by atoms with van der Waals surface area (Å²) in [6.45, 7) is 0. The molecule has 6 heteroatoms. The highest BCUT2D eigenvalue weighted by molar-refractivity contribution is 5.78. The van der Waals surface area contributed by atoms with E-state index in [1.165, 1.54) is 12.1 Å². The highest BCUT2D eigenvalue weighted by atomic mass is 19.1. The standard InChI is InChI=1S/C19H15FN4O/c1-25-15-9-10-21-16(12-15)18-19(22-14-7-5-13(20)6-8-14)24-11-3-2-4-17(24)23-18/h2-12,22H,1H3. The number of aromatic nitrogens is 3. The second-order valence-corrected chi connectivity index (χ2v) is 5.45. The number of benzene rings is 1. The molecule has 25 heavy (non-hydrogen) atoms. The molecule has 0 fully saturated rings. The van der Waals surface area contributed by atoms with Crippen LogP contribution in [0.5, 0.6) is 5.75 Å². The third-order valence-electron chi connectivity index (χ3n) is 3.85. The summed E-state index contributed by atoms with van der Waals surface area (Å²) in [5.41, 5.74) is 2.92. The molecule has 4 rings (SSSR count). The van der Waals surface area contributed by atoms with Crippen molar-refractivity contribution in [2.75, 3.05) is 12.4 Å². The number of pyridine rings is 2. The summed E-state index contributed by atoms with van der Waals surface area (Å²) >= 11 is 0. The van der Waals surface area contributed by atoms with E-state index in [-0.39, 0.29) is 5.82 Å². The third kappa shape index (κ3) is 2.89. The van der Waals surface area contributed by atoms with E-state index >= 15 is 0 Å². The molecule has 0 saturated carbocycles. The average molecular weight is 334 g/mol. The fourth-order valence-corrected chi connectivity index (χ4v) is 2.63. The Bertz CT molecular complexity index is 1030. The number of nitrogens with one attached hydrogen (secondary N) is 1. The zero-order chi connectivity index (χ0) is 17.2. The lowest BCUT2D eigenvalue weighted by Gasteiger charge is -2.09. The van der Waals surface area contributed by atoms with Gasteiger partial charge in [0.1, 0.15) is 28.7 Å². The molecule has 0 bridgehead atoms. The van der Waals surface area contributed by atoms with Crippen LogP contribution in [0.1, 0.15) is 0 Å². The number of rotatable bonds is 4. The maximum absolute atomic E-state index is 13.2. The maximum Gasteiger partial charge on any atom is 0.144 e. The van der Waals surface area contributed by atoms with E-state index in [0.717, 1.165) is 17.2 Å². The first-order valence-electron chi connectivity index (χ1n) is 7.75. The van der Waals surface area contributed by atoms with E-state index < -0.39 is 0 Å². The van der Waals surface area contributed by atoms with Crippen molar-refractivity contribution in [1.82, 2.24) is 14.4 Å². The van der Waals surface area contributed by atoms with Gasteiger partial charge in [-0.15, -0.1) is 0 Å². The first-order valence-corrected chi connectivity index (χ1v) is 7.75. The Balaban J connectivity index is 1.87. The molecule has 3 aromatic heterocycles. The van der Waals surface area contributed by atoms with Gasteiger partial charge in [-0.2, -0.15) is 0 Å². The molecule has 4 aromatic rings. The van der Waals surface area contributed by atoms with Crippen molar-refractivity contribution >= 4 is 17.2 Å². The topological polar surface area (TPSA) is 51.5 Å². The second kappa shape index (κ2) is 6.24. The van der Waals surface area contributed by atoms with Crippen molar-refractivity contribution in [1.29, 1.82) is 0 Å². The van der Waals surface area contributed by atoms with Gasteiger partial charge in [0.2, 0.25) is 0 Å². The van der Waals surface area contributed by atoms with Gasteiger partial charge in [0.15, 0.2) is 0 Å². The smallest absolute Gasteiger partial charge is 0.144 e. The van der Waals surface area contributed by atoms with Crippen LogP contribution < -0.4 is 10.1 Å². The highest BCUT2D eigenvalue weighted by Crippen LogP contribution is 2.31. The average Bonchev–Trinajstić information content (AvgIpc) is 3.02. The fraction of sp³-hybridized carbons (Fsp3) is 0.0526. The van der Waals surface area contributed by atoms with Crippen LogP contribution >= 0.6 is 0 Å². The van der Waals surface area contributed by atoms with Crippen molar-refractivity contribution in [2.45, 2.75) is 0 Å². The minimum absolute atomic E-state index is 0.279. The predicted octanol–water partition coefficient (Wildman–Crippen LogP) is 4.29. The van der Waals surface area contributed by atoms with Crippen LogP contribution in [-0.2, 0) is 0 Å². The lowest BCUT2D eigenvalue weighted by atomic mass is 10.2. The predicted molar refractivity (Wildman–Crippen MR) is 94.7 cm³/mol. The summed E-state index contributed by atoms with van der Waals surface area (Å²) in [6, 6.07) is 15.6. The molecule has 0 saturated heterocycles. The number of halogens is 1. The summed E-state index contributed by atoms with van der Waals surface area (Å²) in [7, 11) is 1.61. The molecule has 1 N–H and O–H groups in total. The van der Waals surface area contributed by atoms with Crippen LogP contribution in [0.25, 0.3) is 17.0 Å². The molecular formula is C19H15FN4O. The van der Waals surface area contributed by atoms with E-state index in [1.807, 2.05) is 34.9 Å². The summed E-state index contributed by atoms with van der Waals surface area (Å²) in [4.78, 5) is 9.09. The van der Waals surface area contributed by atoms with Gasteiger partial charge in [0.25, 0.3) is 0 Å². The summed E-state index contributed by atoms with van der Waals surface area (Å²) < 4.78 is 20.4. The number of ether oxygens (including phenoxy) is 1. The van der Waals surface area contributed by atoms with Crippen molar-refractivity contribution in [2.24, 2.45) is 0 Å². The van der Waals surface area contributed by atoms with Crippen LogP contribution in [0.3, 0.4) is 0 Å². The van der Waals surface area contributed by atoms with Gasteiger partial charge < -0.3 is 10.1 Å². The molecule has 0 amide bonds. The van der Waals surface area contributed by atoms with Gasteiger partial charge in [0, 0.05) is 24.1 Å². The summed E-state index contributed by atoms with van der Waals surface area (Å²) in [5.74, 6) is 1.18. The molecule has 0 aliphatic heterocycles. The number of methoxy groups -OCH3 is 1. The first kappa shape index (κ1) is 15.1. The number of imidazole rings is 1. The van der Waals surface area contributed by atoms with Crippen molar-refractivity contribution < 1.29 is 9.13 Å². The Labute approximate surface area is 143 Å². The molecular weight excluding hydrogens is 319 g/mol. The quantitative estimate of drug-likeness (QED) is 0.605. The van der Waals surface area contributed by atoms with Gasteiger partial charge in [-0.3, -0.25) is 9.38 Å².